The van der Waals surface area contributed by atoms with Crippen LogP contribution in [0.5, 0.6) is 0 Å². The average molecular weight is 459 g/mol. The third-order valence-electron chi connectivity index (χ3n) is 5.85. The van der Waals surface area contributed by atoms with Gasteiger partial charge in [0.25, 0.3) is 0 Å². The van der Waals surface area contributed by atoms with Crippen LogP contribution in [0.3, 0.4) is 0 Å². The van der Waals surface area contributed by atoms with Gasteiger partial charge in [-0.3, -0.25) is 9.78 Å². The van der Waals surface area contributed by atoms with Crippen molar-refractivity contribution in [2.24, 2.45) is 0 Å². The number of rotatable bonds is 4. The molecule has 3 heterocycles. The second kappa shape index (κ2) is 8.29. The molecule has 0 N–H and O–H groups in total. The number of amides is 1. The van der Waals surface area contributed by atoms with Gasteiger partial charge in [-0.15, -0.1) is 0 Å². The van der Waals surface area contributed by atoms with Crippen LogP contribution in [0.25, 0.3) is 22.3 Å². The number of hydrogen-bond donors (Lipinski definition) is 0. The number of nitrogens with zero attached hydrogens (tertiary/aromatic N) is 4. The van der Waals surface area contributed by atoms with E-state index in [1.807, 2.05) is 29.2 Å². The van der Waals surface area contributed by atoms with Gasteiger partial charge in [0.05, 0.1) is 33.2 Å². The molecule has 0 spiro atoms. The molecule has 1 aliphatic heterocycles. The zero-order chi connectivity index (χ0) is 23.0. The van der Waals surface area contributed by atoms with E-state index in [4.69, 9.17) is 4.98 Å². The minimum Gasteiger partial charge on any atom is -0.359 e. The predicted molar refractivity (Wildman–Crippen MR) is 127 cm³/mol. The first-order valence-electron chi connectivity index (χ1n) is 10.6. The van der Waals surface area contributed by atoms with Crippen LogP contribution in [0.2, 0.25) is 0 Å². The summed E-state index contributed by atoms with van der Waals surface area (Å²) in [5.74, 6) is 0.0567. The fourth-order valence-electron chi connectivity index (χ4n) is 3.95. The number of pyridine rings is 2. The highest BCUT2D eigenvalue weighted by molar-refractivity contribution is 7.91. The number of fused-ring (bicyclic) bond motifs is 1. The van der Waals surface area contributed by atoms with Crippen molar-refractivity contribution in [3.8, 4) is 11.3 Å². The van der Waals surface area contributed by atoms with Crippen molar-refractivity contribution in [1.82, 2.24) is 14.9 Å². The maximum atomic E-state index is 13.1. The molecule has 1 aliphatic rings. The highest BCUT2D eigenvalue weighted by atomic mass is 32.2. The molecule has 0 aliphatic carbocycles. The van der Waals surface area contributed by atoms with Crippen molar-refractivity contribution in [1.29, 1.82) is 0 Å². The van der Waals surface area contributed by atoms with E-state index in [-0.39, 0.29) is 22.2 Å². The first kappa shape index (κ1) is 21.1. The molecule has 166 valence electrons. The van der Waals surface area contributed by atoms with Crippen LogP contribution >= 0.6 is 0 Å². The Labute approximate surface area is 192 Å². The zero-order valence-electron chi connectivity index (χ0n) is 18.0. The second-order valence-corrected chi connectivity index (χ2v) is 9.93. The highest BCUT2D eigenvalue weighted by Gasteiger charge is 2.23. The minimum atomic E-state index is -3.64. The van der Waals surface area contributed by atoms with Gasteiger partial charge in [-0.05, 0) is 42.5 Å². The summed E-state index contributed by atoms with van der Waals surface area (Å²) in [4.78, 5) is 25.7. The molecule has 2 aromatic heterocycles. The minimum absolute atomic E-state index is 0.0567. The number of likely N-dealkylation sites (N-methyl/N-ethyl adjacent to an activating group) is 1. The van der Waals surface area contributed by atoms with Gasteiger partial charge in [0.15, 0.2) is 0 Å². The van der Waals surface area contributed by atoms with Gasteiger partial charge in [-0.1, -0.05) is 30.3 Å². The average Bonchev–Trinajstić information content (AvgIpc) is 2.85. The molecule has 5 rings (SSSR count). The third kappa shape index (κ3) is 3.93. The molecule has 0 radical (unpaired) electrons. The normalized spacial score (nSPS) is 14.6. The van der Waals surface area contributed by atoms with Crippen molar-refractivity contribution in [3.63, 3.8) is 0 Å². The number of carbonyl (C=O) groups is 1. The van der Waals surface area contributed by atoms with Crippen molar-refractivity contribution in [2.45, 2.75) is 9.79 Å². The summed E-state index contributed by atoms with van der Waals surface area (Å²) < 4.78 is 26.1. The van der Waals surface area contributed by atoms with E-state index >= 15 is 0 Å². The standard InChI is InChI=1S/C25H22N4O3S/c1-28-14-15-29(17-24(28)30)23-12-13-26-22-11-10-21(27-25(22)23)18-6-5-9-20(16-18)33(31,32)19-7-3-2-4-8-19/h2-13,16H,14-15,17H2,1H3. The molecule has 8 heteroatoms. The van der Waals surface area contributed by atoms with Gasteiger partial charge >= 0.3 is 0 Å². The molecule has 0 atom stereocenters. The van der Waals surface area contributed by atoms with E-state index in [1.165, 1.54) is 0 Å². The predicted octanol–water partition coefficient (Wildman–Crippen LogP) is 3.41. The molecular weight excluding hydrogens is 436 g/mol. The maximum absolute atomic E-state index is 13.1. The van der Waals surface area contributed by atoms with E-state index in [9.17, 15) is 13.2 Å². The Bertz CT molecular complexity index is 1460. The molecule has 33 heavy (non-hydrogen) atoms. The Kier molecular flexibility index (Phi) is 5.30. The van der Waals surface area contributed by atoms with Crippen molar-refractivity contribution < 1.29 is 13.2 Å². The number of piperazine rings is 1. The lowest BCUT2D eigenvalue weighted by Gasteiger charge is -2.33. The van der Waals surface area contributed by atoms with Gasteiger partial charge in [0.1, 0.15) is 5.52 Å². The van der Waals surface area contributed by atoms with E-state index < -0.39 is 9.84 Å². The second-order valence-electron chi connectivity index (χ2n) is 7.98. The molecule has 2 aromatic carbocycles. The Morgan fingerprint density at radius 3 is 2.45 bits per heavy atom. The van der Waals surface area contributed by atoms with Gasteiger partial charge in [-0.25, -0.2) is 13.4 Å². The van der Waals surface area contributed by atoms with Crippen LogP contribution in [0, 0.1) is 0 Å². The van der Waals surface area contributed by atoms with Crippen LogP contribution in [-0.2, 0) is 14.6 Å². The number of anilines is 1. The largest absolute Gasteiger partial charge is 0.359 e. The van der Waals surface area contributed by atoms with Crippen LogP contribution in [0.15, 0.2) is 88.8 Å². The first-order valence-corrected chi connectivity index (χ1v) is 12.1. The Morgan fingerprint density at radius 1 is 0.879 bits per heavy atom. The molecule has 7 nitrogen and oxygen atoms in total. The smallest absolute Gasteiger partial charge is 0.241 e. The summed E-state index contributed by atoms with van der Waals surface area (Å²) in [6.07, 6.45) is 1.72. The van der Waals surface area contributed by atoms with Crippen LogP contribution < -0.4 is 4.90 Å². The summed E-state index contributed by atoms with van der Waals surface area (Å²) in [5, 5.41) is 0. The third-order valence-corrected chi connectivity index (χ3v) is 7.62. The molecule has 0 unspecified atom stereocenters. The number of aromatic nitrogens is 2. The Hall–Kier alpha value is -3.78. The van der Waals surface area contributed by atoms with Crippen molar-refractivity contribution >= 4 is 32.5 Å². The summed E-state index contributed by atoms with van der Waals surface area (Å²) in [7, 11) is -1.84. The van der Waals surface area contributed by atoms with Crippen molar-refractivity contribution in [3.05, 3.63) is 79.0 Å². The van der Waals surface area contributed by atoms with Gasteiger partial charge in [0, 0.05) is 31.9 Å². The van der Waals surface area contributed by atoms with Crippen LogP contribution in [-0.4, -0.2) is 55.9 Å². The number of carbonyl (C=O) groups excluding carboxylic acids is 1. The Morgan fingerprint density at radius 2 is 1.67 bits per heavy atom. The summed E-state index contributed by atoms with van der Waals surface area (Å²) >= 11 is 0. The summed E-state index contributed by atoms with van der Waals surface area (Å²) in [5.41, 5.74) is 3.58. The molecule has 1 amide bonds. The molecule has 1 saturated heterocycles. The van der Waals surface area contributed by atoms with Gasteiger partial charge < -0.3 is 9.80 Å². The molecular formula is C25H22N4O3S. The summed E-state index contributed by atoms with van der Waals surface area (Å²) in [6.45, 7) is 1.63. The van der Waals surface area contributed by atoms with E-state index in [0.717, 1.165) is 11.2 Å². The lowest BCUT2D eigenvalue weighted by atomic mass is 10.1. The summed E-state index contributed by atoms with van der Waals surface area (Å²) in [6, 6.07) is 20.8. The lowest BCUT2D eigenvalue weighted by molar-refractivity contribution is -0.129. The van der Waals surface area contributed by atoms with Crippen molar-refractivity contribution in [2.75, 3.05) is 31.6 Å². The monoisotopic (exact) mass is 458 g/mol. The fraction of sp³-hybridized carbons (Fsp3) is 0.160. The van der Waals surface area contributed by atoms with E-state index in [2.05, 4.69) is 4.98 Å². The molecule has 4 aromatic rings. The quantitative estimate of drug-likeness (QED) is 0.466. The maximum Gasteiger partial charge on any atom is 0.241 e. The molecule has 0 bridgehead atoms. The lowest BCUT2D eigenvalue weighted by Crippen LogP contribution is -2.48. The Balaban J connectivity index is 1.56. The van der Waals surface area contributed by atoms with Gasteiger partial charge in [-0.2, -0.15) is 0 Å². The van der Waals surface area contributed by atoms with Crippen LogP contribution in [0.4, 0.5) is 5.69 Å². The fourth-order valence-corrected chi connectivity index (χ4v) is 5.28. The van der Waals surface area contributed by atoms with Crippen LogP contribution in [0.1, 0.15) is 0 Å². The number of hydrogen-bond acceptors (Lipinski definition) is 6. The molecule has 1 fully saturated rings. The number of sulfone groups is 1. The first-order chi connectivity index (χ1) is 15.9. The SMILES string of the molecule is CN1CCN(c2ccnc3ccc(-c4cccc(S(=O)(=O)c5ccccc5)c4)nc23)CC1=O. The number of benzene rings is 2. The highest BCUT2D eigenvalue weighted by Crippen LogP contribution is 2.30. The van der Waals surface area contributed by atoms with E-state index in [0.29, 0.717) is 29.9 Å². The topological polar surface area (TPSA) is 83.5 Å². The van der Waals surface area contributed by atoms with Gasteiger partial charge in [0.2, 0.25) is 15.7 Å². The van der Waals surface area contributed by atoms with E-state index in [1.54, 1.807) is 66.7 Å². The zero-order valence-corrected chi connectivity index (χ0v) is 18.9. The molecule has 0 saturated carbocycles.